The Morgan fingerprint density at radius 3 is 2.35 bits per heavy atom. The first-order chi connectivity index (χ1) is 16.6. The summed E-state index contributed by atoms with van der Waals surface area (Å²) in [5, 5.41) is 2.49. The summed E-state index contributed by atoms with van der Waals surface area (Å²) in [7, 11) is 0. The normalized spacial score (nSPS) is 16.1. The van der Waals surface area contributed by atoms with Gasteiger partial charge in [-0.1, -0.05) is 84.7 Å². The van der Waals surface area contributed by atoms with Crippen LogP contribution in [0.25, 0.3) is 44.2 Å². The number of hydrogen-bond donors (Lipinski definition) is 0. The van der Waals surface area contributed by atoms with E-state index in [0.29, 0.717) is 15.4 Å². The lowest BCUT2D eigenvalue weighted by atomic mass is 9.98. The Kier molecular flexibility index (Phi) is 2.06. The zero-order valence-electron chi connectivity index (χ0n) is 22.3. The third-order valence-corrected chi connectivity index (χ3v) is 4.94. The van der Waals surface area contributed by atoms with E-state index in [1.54, 1.807) is 6.07 Å². The van der Waals surface area contributed by atoms with E-state index in [4.69, 9.17) is 16.8 Å². The van der Waals surface area contributed by atoms with E-state index in [9.17, 15) is 0 Å². The van der Waals surface area contributed by atoms with E-state index in [1.165, 1.54) is 0 Å². The Morgan fingerprint density at radius 1 is 0.769 bits per heavy atom. The molecule has 0 saturated heterocycles. The van der Waals surface area contributed by atoms with Gasteiger partial charge in [-0.25, -0.2) is 0 Å². The van der Waals surface area contributed by atoms with Crippen molar-refractivity contribution in [3.8, 4) is 22.5 Å². The van der Waals surface area contributed by atoms with Crippen molar-refractivity contribution < 1.29 is 16.8 Å². The van der Waals surface area contributed by atoms with Crippen molar-refractivity contribution in [3.63, 3.8) is 0 Å². The van der Waals surface area contributed by atoms with Gasteiger partial charge in [0.05, 0.1) is 16.8 Å². The Hall–Kier alpha value is -2.84. The molecule has 0 bridgehead atoms. The summed E-state index contributed by atoms with van der Waals surface area (Å²) in [5.41, 5.74) is -0.182. The number of rotatable bonds is 2. The molecule has 1 nitrogen and oxygen atoms in total. The zero-order valence-corrected chi connectivity index (χ0v) is 14.8. The minimum absolute atomic E-state index is 0.0742. The maximum atomic E-state index is 8.66. The van der Waals surface area contributed by atoms with Gasteiger partial charge in [0, 0.05) is 10.9 Å². The Morgan fingerprint density at radius 2 is 1.50 bits per heavy atom. The molecule has 5 aromatic rings. The topological polar surface area (TPSA) is 13.1 Å². The van der Waals surface area contributed by atoms with Crippen LogP contribution >= 0.6 is 15.9 Å². The first kappa shape index (κ1) is 8.70. The predicted molar refractivity (Wildman–Crippen MR) is 112 cm³/mol. The molecule has 5 rings (SSSR count). The number of halogens is 1. The van der Waals surface area contributed by atoms with Gasteiger partial charge in [-0.15, -0.1) is 0 Å². The lowest BCUT2D eigenvalue weighted by Crippen LogP contribution is -1.83. The van der Waals surface area contributed by atoms with E-state index in [0.717, 1.165) is 10.8 Å². The Bertz CT molecular complexity index is 1680. The second-order valence-electron chi connectivity index (χ2n) is 5.66. The van der Waals surface area contributed by atoms with E-state index in [-0.39, 0.29) is 22.5 Å². The van der Waals surface area contributed by atoms with Crippen LogP contribution in [0.1, 0.15) is 12.3 Å². The molecule has 1 heterocycles. The number of hydrogen-bond acceptors (Lipinski definition) is 1. The highest BCUT2D eigenvalue weighted by Crippen LogP contribution is 2.43. The molecule has 1 aromatic heterocycles. The van der Waals surface area contributed by atoms with Gasteiger partial charge in [0.2, 0.25) is 0 Å². The molecule has 0 amide bonds. The second kappa shape index (κ2) is 6.15. The highest BCUT2D eigenvalue weighted by molar-refractivity contribution is 9.10. The molecule has 0 radical (unpaired) electrons. The average Bonchev–Trinajstić information content (AvgIpc) is 3.19. The van der Waals surface area contributed by atoms with E-state index < -0.39 is 54.4 Å². The Labute approximate surface area is 172 Å². The van der Waals surface area contributed by atoms with Crippen LogP contribution in [-0.4, -0.2) is 0 Å². The highest BCUT2D eigenvalue weighted by atomic mass is 79.9. The first-order valence-electron chi connectivity index (χ1n) is 12.3. The summed E-state index contributed by atoms with van der Waals surface area (Å²) in [4.78, 5) is 0. The quantitative estimate of drug-likeness (QED) is 0.292. The van der Waals surface area contributed by atoms with Crippen molar-refractivity contribution in [1.82, 2.24) is 0 Å². The monoisotopic (exact) mass is 407 g/mol. The second-order valence-corrected chi connectivity index (χ2v) is 6.45. The fourth-order valence-electron chi connectivity index (χ4n) is 3.04. The molecule has 0 atom stereocenters. The van der Waals surface area contributed by atoms with Crippen LogP contribution in [0, 0.1) is 0 Å². The summed E-state index contributed by atoms with van der Waals surface area (Å²) in [6.45, 7) is 0. The average molecular weight is 408 g/mol. The fourth-order valence-corrected chi connectivity index (χ4v) is 3.73. The van der Waals surface area contributed by atoms with E-state index in [2.05, 4.69) is 15.9 Å². The summed E-state index contributed by atoms with van der Waals surface area (Å²) in [6, 6.07) is 6.19. The SMILES string of the molecule is [2H]c1c([2H])c([2H])c(-c2c([2H])c([2H])c([2H])c([2H])c2-c2oc3ccc4ccccc4c3c2Br)c([2H])c1[2H]. The third-order valence-electron chi connectivity index (χ3n) is 4.19. The van der Waals surface area contributed by atoms with Gasteiger partial charge in [0.1, 0.15) is 11.3 Å². The van der Waals surface area contributed by atoms with Crippen LogP contribution in [0.4, 0.5) is 0 Å². The Balaban J connectivity index is 1.98. The van der Waals surface area contributed by atoms with Crippen LogP contribution in [0.2, 0.25) is 0 Å². The molecule has 0 aliphatic carbocycles. The summed E-state index contributed by atoms with van der Waals surface area (Å²) < 4.78 is 81.1. The zero-order chi connectivity index (χ0) is 25.3. The van der Waals surface area contributed by atoms with Crippen LogP contribution in [0.5, 0.6) is 0 Å². The van der Waals surface area contributed by atoms with Crippen molar-refractivity contribution in [3.05, 3.63) is 95.3 Å². The first-order valence-corrected chi connectivity index (χ1v) is 8.63. The van der Waals surface area contributed by atoms with Gasteiger partial charge >= 0.3 is 0 Å². The minimum Gasteiger partial charge on any atom is -0.455 e. The molecule has 0 aliphatic heterocycles. The molecule has 2 heteroatoms. The van der Waals surface area contributed by atoms with Gasteiger partial charge < -0.3 is 4.42 Å². The fraction of sp³-hybridized carbons (Fsp3) is 0. The highest BCUT2D eigenvalue weighted by Gasteiger charge is 2.18. The van der Waals surface area contributed by atoms with Crippen molar-refractivity contribution >= 4 is 37.7 Å². The summed E-state index contributed by atoms with van der Waals surface area (Å²) >= 11 is 3.55. The smallest absolute Gasteiger partial charge is 0.150 e. The largest absolute Gasteiger partial charge is 0.455 e. The molecule has 0 saturated carbocycles. The molecular weight excluding hydrogens is 384 g/mol. The van der Waals surface area contributed by atoms with Gasteiger partial charge in [-0.3, -0.25) is 0 Å². The van der Waals surface area contributed by atoms with E-state index >= 15 is 0 Å². The van der Waals surface area contributed by atoms with Crippen molar-refractivity contribution in [2.24, 2.45) is 0 Å². The number of fused-ring (bicyclic) bond motifs is 3. The molecule has 0 unspecified atom stereocenters. The molecule has 124 valence electrons. The van der Waals surface area contributed by atoms with Crippen molar-refractivity contribution in [1.29, 1.82) is 0 Å². The summed E-state index contributed by atoms with van der Waals surface area (Å²) in [6.07, 6.45) is 0. The van der Waals surface area contributed by atoms with Crippen LogP contribution in [0.15, 0.2) is 99.7 Å². The lowest BCUT2D eigenvalue weighted by molar-refractivity contribution is 0.630. The summed E-state index contributed by atoms with van der Waals surface area (Å²) in [5.74, 6) is 0.0742. The van der Waals surface area contributed by atoms with Crippen molar-refractivity contribution in [2.45, 2.75) is 0 Å². The number of benzene rings is 4. The van der Waals surface area contributed by atoms with Crippen LogP contribution in [-0.2, 0) is 0 Å². The molecule has 0 spiro atoms. The predicted octanol–water partition coefficient (Wildman–Crippen LogP) is 7.68. The molecule has 0 N–H and O–H groups in total. The molecule has 0 aliphatic rings. The molecular formula is C24H15BrO. The standard InChI is InChI=1S/C24H15BrO/c25-23-22-19-12-5-4-10-17(19)14-15-21(22)26-24(23)20-13-7-6-11-18(20)16-8-2-1-3-9-16/h1-15H/i1D,2D,3D,6D,7D,8D,9D,11D,13D. The lowest BCUT2D eigenvalue weighted by Gasteiger charge is -2.08. The molecule has 4 aromatic carbocycles. The minimum atomic E-state index is -0.603. The van der Waals surface area contributed by atoms with Crippen molar-refractivity contribution in [2.75, 3.05) is 0 Å². The van der Waals surface area contributed by atoms with Gasteiger partial charge in [-0.05, 0) is 43.9 Å². The van der Waals surface area contributed by atoms with E-state index in [1.807, 2.05) is 30.3 Å². The van der Waals surface area contributed by atoms with Gasteiger partial charge in [0.25, 0.3) is 0 Å². The van der Waals surface area contributed by atoms with Crippen LogP contribution < -0.4 is 0 Å². The molecule has 26 heavy (non-hydrogen) atoms. The van der Waals surface area contributed by atoms with Gasteiger partial charge in [0.15, 0.2) is 0 Å². The maximum Gasteiger partial charge on any atom is 0.150 e. The van der Waals surface area contributed by atoms with Crippen LogP contribution in [0.3, 0.4) is 0 Å². The maximum absolute atomic E-state index is 8.66. The number of furan rings is 1. The third kappa shape index (κ3) is 2.38. The molecule has 0 fully saturated rings. The van der Waals surface area contributed by atoms with Gasteiger partial charge in [-0.2, -0.15) is 0 Å².